The minimum absolute atomic E-state index is 0.190. The summed E-state index contributed by atoms with van der Waals surface area (Å²) in [5.74, 6) is -0.190. The maximum atomic E-state index is 11.4. The fraction of sp³-hybridized carbons (Fsp3) is 0.769. The van der Waals surface area contributed by atoms with Gasteiger partial charge in [-0.3, -0.25) is 4.79 Å². The van der Waals surface area contributed by atoms with E-state index >= 15 is 0 Å². The van der Waals surface area contributed by atoms with Crippen molar-refractivity contribution < 1.29 is 14.3 Å². The summed E-state index contributed by atoms with van der Waals surface area (Å²) in [6.07, 6.45) is 5.59. The van der Waals surface area contributed by atoms with E-state index in [1.165, 1.54) is 7.11 Å². The number of esters is 1. The molecular weight excluding hydrogens is 218 g/mol. The summed E-state index contributed by atoms with van der Waals surface area (Å²) in [7, 11) is 1.42. The molecule has 1 unspecified atom stereocenters. The van der Waals surface area contributed by atoms with Gasteiger partial charge in [0.25, 0.3) is 0 Å². The van der Waals surface area contributed by atoms with E-state index in [0.29, 0.717) is 19.8 Å². The highest BCUT2D eigenvalue weighted by atomic mass is 16.5. The summed E-state index contributed by atoms with van der Waals surface area (Å²) >= 11 is 0. The van der Waals surface area contributed by atoms with Gasteiger partial charge in [-0.1, -0.05) is 25.8 Å². The van der Waals surface area contributed by atoms with Crippen molar-refractivity contribution in [2.24, 2.45) is 0 Å². The SMILES string of the molecule is C=CCCOCCNC(CCCC)C(=O)OC. The third kappa shape index (κ3) is 8.89. The Morgan fingerprint density at radius 1 is 1.47 bits per heavy atom. The van der Waals surface area contributed by atoms with E-state index in [-0.39, 0.29) is 12.0 Å². The van der Waals surface area contributed by atoms with Crippen LogP contribution >= 0.6 is 0 Å². The molecule has 0 saturated heterocycles. The lowest BCUT2D eigenvalue weighted by atomic mass is 10.1. The van der Waals surface area contributed by atoms with E-state index in [1.807, 2.05) is 6.08 Å². The first kappa shape index (κ1) is 16.1. The zero-order valence-corrected chi connectivity index (χ0v) is 11.0. The summed E-state index contributed by atoms with van der Waals surface area (Å²) in [4.78, 5) is 11.4. The monoisotopic (exact) mass is 243 g/mol. The van der Waals surface area contributed by atoms with Gasteiger partial charge in [0.2, 0.25) is 0 Å². The molecule has 4 heteroatoms. The van der Waals surface area contributed by atoms with Gasteiger partial charge in [-0.2, -0.15) is 0 Å². The van der Waals surface area contributed by atoms with Crippen LogP contribution in [0.4, 0.5) is 0 Å². The molecule has 100 valence electrons. The largest absolute Gasteiger partial charge is 0.468 e. The van der Waals surface area contributed by atoms with Crippen LogP contribution in [0, 0.1) is 0 Å². The molecule has 0 spiro atoms. The summed E-state index contributed by atoms with van der Waals surface area (Å²) < 4.78 is 10.1. The van der Waals surface area contributed by atoms with E-state index in [9.17, 15) is 4.79 Å². The highest BCUT2D eigenvalue weighted by Gasteiger charge is 2.16. The average Bonchev–Trinajstić information content (AvgIpc) is 2.36. The molecule has 0 fully saturated rings. The number of hydrogen-bond donors (Lipinski definition) is 1. The first-order chi connectivity index (χ1) is 8.26. The van der Waals surface area contributed by atoms with Crippen LogP contribution in [0.2, 0.25) is 0 Å². The molecule has 0 amide bonds. The number of unbranched alkanes of at least 4 members (excludes halogenated alkanes) is 1. The van der Waals surface area contributed by atoms with Crippen LogP contribution in [0.15, 0.2) is 12.7 Å². The Labute approximate surface area is 104 Å². The molecule has 0 aliphatic carbocycles. The molecule has 17 heavy (non-hydrogen) atoms. The van der Waals surface area contributed by atoms with Gasteiger partial charge in [-0.15, -0.1) is 6.58 Å². The van der Waals surface area contributed by atoms with Crippen molar-refractivity contribution in [3.8, 4) is 0 Å². The second-order valence-corrected chi connectivity index (χ2v) is 3.86. The van der Waals surface area contributed by atoms with E-state index in [2.05, 4.69) is 18.8 Å². The minimum Gasteiger partial charge on any atom is -0.468 e. The number of hydrogen-bond acceptors (Lipinski definition) is 4. The average molecular weight is 243 g/mol. The quantitative estimate of drug-likeness (QED) is 0.342. The van der Waals surface area contributed by atoms with Crippen LogP contribution in [0.5, 0.6) is 0 Å². The Morgan fingerprint density at radius 3 is 2.82 bits per heavy atom. The fourth-order valence-corrected chi connectivity index (χ4v) is 1.43. The number of carbonyl (C=O) groups is 1. The topological polar surface area (TPSA) is 47.6 Å². The van der Waals surface area contributed by atoms with Crippen LogP contribution in [0.25, 0.3) is 0 Å². The Balaban J connectivity index is 3.67. The van der Waals surface area contributed by atoms with Crippen molar-refractivity contribution in [2.75, 3.05) is 26.9 Å². The number of carbonyl (C=O) groups excluding carboxylic acids is 1. The molecule has 0 aliphatic heterocycles. The van der Waals surface area contributed by atoms with Crippen molar-refractivity contribution in [1.82, 2.24) is 5.32 Å². The molecule has 0 rings (SSSR count). The van der Waals surface area contributed by atoms with Gasteiger partial charge >= 0.3 is 5.97 Å². The van der Waals surface area contributed by atoms with Crippen LogP contribution in [0.3, 0.4) is 0 Å². The maximum Gasteiger partial charge on any atom is 0.322 e. The predicted octanol–water partition coefficient (Wildman–Crippen LogP) is 1.90. The Hall–Kier alpha value is -0.870. The Bertz CT molecular complexity index is 207. The number of methoxy groups -OCH3 is 1. The Kier molecular flexibility index (Phi) is 11.0. The lowest BCUT2D eigenvalue weighted by Crippen LogP contribution is -2.39. The zero-order chi connectivity index (χ0) is 12.9. The van der Waals surface area contributed by atoms with Crippen LogP contribution < -0.4 is 5.32 Å². The highest BCUT2D eigenvalue weighted by molar-refractivity contribution is 5.75. The molecule has 0 aromatic carbocycles. The molecule has 0 aliphatic rings. The molecule has 0 heterocycles. The molecule has 4 nitrogen and oxygen atoms in total. The molecule has 0 aromatic rings. The first-order valence-corrected chi connectivity index (χ1v) is 6.26. The van der Waals surface area contributed by atoms with E-state index in [1.54, 1.807) is 0 Å². The smallest absolute Gasteiger partial charge is 0.322 e. The van der Waals surface area contributed by atoms with Crippen molar-refractivity contribution in [1.29, 1.82) is 0 Å². The third-order valence-corrected chi connectivity index (χ3v) is 2.44. The second kappa shape index (κ2) is 11.6. The van der Waals surface area contributed by atoms with Crippen molar-refractivity contribution in [3.63, 3.8) is 0 Å². The van der Waals surface area contributed by atoms with E-state index in [4.69, 9.17) is 9.47 Å². The van der Waals surface area contributed by atoms with E-state index < -0.39 is 0 Å². The summed E-state index contributed by atoms with van der Waals surface area (Å²) in [5.41, 5.74) is 0. The van der Waals surface area contributed by atoms with Gasteiger partial charge in [0.1, 0.15) is 6.04 Å². The molecule has 0 radical (unpaired) electrons. The maximum absolute atomic E-state index is 11.4. The molecule has 1 atom stereocenters. The van der Waals surface area contributed by atoms with Gasteiger partial charge in [0, 0.05) is 6.54 Å². The lowest BCUT2D eigenvalue weighted by molar-refractivity contribution is -0.143. The van der Waals surface area contributed by atoms with Gasteiger partial charge in [-0.25, -0.2) is 0 Å². The van der Waals surface area contributed by atoms with Gasteiger partial charge in [0.15, 0.2) is 0 Å². The molecule has 1 N–H and O–H groups in total. The Morgan fingerprint density at radius 2 is 2.24 bits per heavy atom. The van der Waals surface area contributed by atoms with Gasteiger partial charge in [-0.05, 0) is 12.8 Å². The van der Waals surface area contributed by atoms with Crippen LogP contribution in [-0.4, -0.2) is 38.9 Å². The van der Waals surface area contributed by atoms with Crippen LogP contribution in [-0.2, 0) is 14.3 Å². The number of ether oxygens (including phenoxy) is 2. The standard InChI is InChI=1S/C13H25NO3/c1-4-6-8-12(13(15)16-3)14-9-11-17-10-7-5-2/h5,12,14H,2,4,6-11H2,1,3H3. The van der Waals surface area contributed by atoms with Gasteiger partial charge < -0.3 is 14.8 Å². The third-order valence-electron chi connectivity index (χ3n) is 2.44. The number of nitrogens with one attached hydrogen (secondary N) is 1. The summed E-state index contributed by atoms with van der Waals surface area (Å²) in [5, 5.41) is 3.16. The van der Waals surface area contributed by atoms with Crippen molar-refractivity contribution >= 4 is 5.97 Å². The van der Waals surface area contributed by atoms with Gasteiger partial charge in [0.05, 0.1) is 20.3 Å². The number of rotatable bonds is 11. The minimum atomic E-state index is -0.206. The first-order valence-electron chi connectivity index (χ1n) is 6.26. The normalized spacial score (nSPS) is 12.1. The zero-order valence-electron chi connectivity index (χ0n) is 11.0. The fourth-order valence-electron chi connectivity index (χ4n) is 1.43. The van der Waals surface area contributed by atoms with Crippen LogP contribution in [0.1, 0.15) is 32.6 Å². The highest BCUT2D eigenvalue weighted by Crippen LogP contribution is 2.02. The predicted molar refractivity (Wildman–Crippen MR) is 69.0 cm³/mol. The summed E-state index contributed by atoms with van der Waals surface area (Å²) in [6, 6.07) is -0.206. The lowest BCUT2D eigenvalue weighted by Gasteiger charge is -2.15. The molecule has 0 saturated carbocycles. The van der Waals surface area contributed by atoms with E-state index in [0.717, 1.165) is 25.7 Å². The van der Waals surface area contributed by atoms with Crippen molar-refractivity contribution in [3.05, 3.63) is 12.7 Å². The molecule has 0 bridgehead atoms. The molecular formula is C13H25NO3. The second-order valence-electron chi connectivity index (χ2n) is 3.86. The summed E-state index contributed by atoms with van der Waals surface area (Å²) in [6.45, 7) is 7.68. The molecule has 0 aromatic heterocycles. The van der Waals surface area contributed by atoms with Crippen molar-refractivity contribution in [2.45, 2.75) is 38.6 Å².